The lowest BCUT2D eigenvalue weighted by atomic mass is 9.76. The molecule has 0 spiro atoms. The van der Waals surface area contributed by atoms with E-state index in [1.54, 1.807) is 6.07 Å². The number of nitrogens with zero attached hydrogens (tertiary/aromatic N) is 3. The number of fused-ring (bicyclic) bond motifs is 4. The SMILES string of the molecule is CC(C)(c1ccccc1)c1cc(-c2cc3c(cn2)-c2ccccc2C3(C)C)cc(-c2cccc3c2nc(-c2ccccc2O)n3-c2ccccc2-c2ccccc2)c1. The van der Waals surface area contributed by atoms with E-state index in [1.807, 2.05) is 24.3 Å². The summed E-state index contributed by atoms with van der Waals surface area (Å²) in [6, 6.07) is 61.5. The third-order valence-corrected chi connectivity index (χ3v) is 12.3. The highest BCUT2D eigenvalue weighted by Crippen LogP contribution is 2.49. The van der Waals surface area contributed by atoms with Crippen molar-refractivity contribution < 1.29 is 5.11 Å². The summed E-state index contributed by atoms with van der Waals surface area (Å²) < 4.78 is 2.21. The molecular weight excluding hydrogens is 707 g/mol. The number of hydrogen-bond donors (Lipinski definition) is 1. The maximum absolute atomic E-state index is 11.3. The highest BCUT2D eigenvalue weighted by atomic mass is 16.3. The number of para-hydroxylation sites is 3. The third kappa shape index (κ3) is 5.67. The van der Waals surface area contributed by atoms with Gasteiger partial charge in [-0.05, 0) is 81.4 Å². The minimum atomic E-state index is -0.318. The number of phenols is 1. The van der Waals surface area contributed by atoms with Gasteiger partial charge in [0.2, 0.25) is 0 Å². The number of phenolic OH excluding ortho intramolecular Hbond substituents is 1. The van der Waals surface area contributed by atoms with Gasteiger partial charge >= 0.3 is 0 Å². The number of rotatable bonds is 7. The number of pyridine rings is 1. The van der Waals surface area contributed by atoms with Gasteiger partial charge < -0.3 is 5.11 Å². The Morgan fingerprint density at radius 2 is 1.16 bits per heavy atom. The summed E-state index contributed by atoms with van der Waals surface area (Å²) in [6.45, 7) is 9.23. The third-order valence-electron chi connectivity index (χ3n) is 12.3. The first kappa shape index (κ1) is 35.4. The van der Waals surface area contributed by atoms with Gasteiger partial charge in [-0.15, -0.1) is 0 Å². The van der Waals surface area contributed by atoms with E-state index in [4.69, 9.17) is 9.97 Å². The van der Waals surface area contributed by atoms with Crippen LogP contribution in [0, 0.1) is 0 Å². The zero-order valence-electron chi connectivity index (χ0n) is 33.1. The van der Waals surface area contributed by atoms with Crippen molar-refractivity contribution in [1.29, 1.82) is 0 Å². The van der Waals surface area contributed by atoms with Gasteiger partial charge in [0.1, 0.15) is 11.6 Å². The van der Waals surface area contributed by atoms with E-state index >= 15 is 0 Å². The molecule has 9 aromatic rings. The first-order valence-electron chi connectivity index (χ1n) is 20.0. The predicted molar refractivity (Wildman–Crippen MR) is 238 cm³/mol. The molecular formula is C54H43N3O. The Kier molecular flexibility index (Phi) is 8.27. The highest BCUT2D eigenvalue weighted by Gasteiger charge is 2.36. The van der Waals surface area contributed by atoms with Crippen LogP contribution in [0.2, 0.25) is 0 Å². The average Bonchev–Trinajstić information content (AvgIpc) is 3.76. The standard InChI is InChI=1S/C54H43N3O/c1-53(2,38-20-9-6-10-21-38)39-31-36(30-37(32-39)47-33-46-44(34-55-47)42-23-11-14-26-45(42)54(46,3)4)41-25-17-28-49-51(41)56-52(43-24-13-16-29-50(43)58)57(49)48-27-15-12-22-40(48)35-18-7-5-8-19-35/h5-34,58H,1-4H3. The van der Waals surface area contributed by atoms with E-state index in [-0.39, 0.29) is 16.6 Å². The number of aromatic nitrogens is 3. The molecule has 2 heterocycles. The van der Waals surface area contributed by atoms with Crippen LogP contribution in [0.15, 0.2) is 182 Å². The van der Waals surface area contributed by atoms with E-state index in [2.05, 4.69) is 184 Å². The topological polar surface area (TPSA) is 50.9 Å². The smallest absolute Gasteiger partial charge is 0.149 e. The lowest BCUT2D eigenvalue weighted by molar-refractivity contribution is 0.477. The molecule has 0 saturated carbocycles. The van der Waals surface area contributed by atoms with Gasteiger partial charge in [0, 0.05) is 39.3 Å². The molecule has 10 rings (SSSR count). The van der Waals surface area contributed by atoms with Crippen LogP contribution in [-0.2, 0) is 10.8 Å². The molecule has 1 N–H and O–H groups in total. The van der Waals surface area contributed by atoms with Crippen LogP contribution in [-0.4, -0.2) is 19.6 Å². The van der Waals surface area contributed by atoms with E-state index in [1.165, 1.54) is 33.4 Å². The second-order valence-corrected chi connectivity index (χ2v) is 16.4. The van der Waals surface area contributed by atoms with E-state index in [0.29, 0.717) is 11.4 Å². The van der Waals surface area contributed by atoms with Crippen molar-refractivity contribution in [2.45, 2.75) is 38.5 Å². The lowest BCUT2D eigenvalue weighted by Gasteiger charge is -2.28. The fourth-order valence-corrected chi connectivity index (χ4v) is 9.02. The Bertz CT molecular complexity index is 3010. The molecule has 0 saturated heterocycles. The van der Waals surface area contributed by atoms with Crippen LogP contribution in [0.1, 0.15) is 49.9 Å². The van der Waals surface area contributed by atoms with Crippen LogP contribution in [0.3, 0.4) is 0 Å². The molecule has 0 amide bonds. The molecule has 7 aromatic carbocycles. The second-order valence-electron chi connectivity index (χ2n) is 16.4. The summed E-state index contributed by atoms with van der Waals surface area (Å²) in [7, 11) is 0. The normalized spacial score (nSPS) is 13.0. The lowest BCUT2D eigenvalue weighted by Crippen LogP contribution is -2.19. The van der Waals surface area contributed by atoms with Gasteiger partial charge in [-0.1, -0.05) is 161 Å². The van der Waals surface area contributed by atoms with Gasteiger partial charge in [-0.25, -0.2) is 4.98 Å². The highest BCUT2D eigenvalue weighted by molar-refractivity contribution is 5.98. The number of aromatic hydroxyl groups is 1. The monoisotopic (exact) mass is 749 g/mol. The zero-order valence-corrected chi connectivity index (χ0v) is 33.1. The van der Waals surface area contributed by atoms with Gasteiger partial charge in [-0.2, -0.15) is 0 Å². The summed E-state index contributed by atoms with van der Waals surface area (Å²) in [5.74, 6) is 0.853. The van der Waals surface area contributed by atoms with Crippen LogP contribution in [0.4, 0.5) is 0 Å². The Hall–Kier alpha value is -7.04. The van der Waals surface area contributed by atoms with Crippen molar-refractivity contribution in [2.75, 3.05) is 0 Å². The van der Waals surface area contributed by atoms with Crippen molar-refractivity contribution in [3.63, 3.8) is 0 Å². The molecule has 280 valence electrons. The first-order valence-corrected chi connectivity index (χ1v) is 20.0. The van der Waals surface area contributed by atoms with Crippen LogP contribution < -0.4 is 0 Å². The molecule has 4 heteroatoms. The van der Waals surface area contributed by atoms with E-state index in [9.17, 15) is 5.11 Å². The molecule has 1 aliphatic carbocycles. The van der Waals surface area contributed by atoms with Crippen LogP contribution in [0.25, 0.3) is 72.7 Å². The molecule has 4 nitrogen and oxygen atoms in total. The quantitative estimate of drug-likeness (QED) is 0.176. The maximum Gasteiger partial charge on any atom is 0.149 e. The molecule has 1 aliphatic rings. The summed E-state index contributed by atoms with van der Waals surface area (Å²) in [4.78, 5) is 10.6. The number of imidazole rings is 1. The Morgan fingerprint density at radius 3 is 1.93 bits per heavy atom. The molecule has 0 atom stereocenters. The van der Waals surface area contributed by atoms with Gasteiger partial charge in [-0.3, -0.25) is 9.55 Å². The van der Waals surface area contributed by atoms with Crippen molar-refractivity contribution >= 4 is 11.0 Å². The van der Waals surface area contributed by atoms with E-state index in [0.717, 1.165) is 50.2 Å². The van der Waals surface area contributed by atoms with Gasteiger partial charge in [0.15, 0.2) is 0 Å². The predicted octanol–water partition coefficient (Wildman–Crippen LogP) is 13.4. The minimum absolute atomic E-state index is 0.152. The fourth-order valence-electron chi connectivity index (χ4n) is 9.02. The van der Waals surface area contributed by atoms with Crippen molar-refractivity contribution in [3.05, 3.63) is 204 Å². The Labute approximate surface area is 339 Å². The average molecular weight is 750 g/mol. The zero-order chi connectivity index (χ0) is 39.6. The van der Waals surface area contributed by atoms with Crippen molar-refractivity contribution in [1.82, 2.24) is 14.5 Å². The molecule has 0 bridgehead atoms. The van der Waals surface area contributed by atoms with Crippen LogP contribution >= 0.6 is 0 Å². The molecule has 2 aromatic heterocycles. The molecule has 0 radical (unpaired) electrons. The summed E-state index contributed by atoms with van der Waals surface area (Å²) in [6.07, 6.45) is 2.07. The number of hydrogen-bond acceptors (Lipinski definition) is 3. The first-order chi connectivity index (χ1) is 28.2. The maximum atomic E-state index is 11.3. The summed E-state index contributed by atoms with van der Waals surface area (Å²) in [5, 5.41) is 11.3. The van der Waals surface area contributed by atoms with Gasteiger partial charge in [0.05, 0.1) is 28.0 Å². The molecule has 0 fully saturated rings. The van der Waals surface area contributed by atoms with Crippen molar-refractivity contribution in [3.8, 4) is 67.5 Å². The fraction of sp³-hybridized carbons (Fsp3) is 0.111. The second kappa shape index (κ2) is 13.6. The minimum Gasteiger partial charge on any atom is -0.507 e. The summed E-state index contributed by atoms with van der Waals surface area (Å²) >= 11 is 0. The Balaban J connectivity index is 1.23. The van der Waals surface area contributed by atoms with Crippen LogP contribution in [0.5, 0.6) is 5.75 Å². The van der Waals surface area contributed by atoms with E-state index < -0.39 is 0 Å². The molecule has 0 aliphatic heterocycles. The number of benzene rings is 7. The summed E-state index contributed by atoms with van der Waals surface area (Å²) in [5.41, 5.74) is 16.7. The molecule has 58 heavy (non-hydrogen) atoms. The van der Waals surface area contributed by atoms with Gasteiger partial charge in [0.25, 0.3) is 0 Å². The molecule has 0 unspecified atom stereocenters. The Morgan fingerprint density at radius 1 is 0.517 bits per heavy atom. The van der Waals surface area contributed by atoms with Crippen molar-refractivity contribution in [2.24, 2.45) is 0 Å². The largest absolute Gasteiger partial charge is 0.507 e.